The summed E-state index contributed by atoms with van der Waals surface area (Å²) in [6.45, 7) is 0.0417. The van der Waals surface area contributed by atoms with Crippen molar-refractivity contribution in [2.45, 2.75) is 0 Å². The van der Waals surface area contributed by atoms with Crippen molar-refractivity contribution in [1.29, 1.82) is 0 Å². The highest BCUT2D eigenvalue weighted by Gasteiger charge is 1.86. The minimum atomic E-state index is -0.822. The van der Waals surface area contributed by atoms with E-state index in [0.29, 0.717) is 0 Å². The molecule has 2 N–H and O–H groups in total. The van der Waals surface area contributed by atoms with Crippen molar-refractivity contribution in [3.8, 4) is 0 Å². The van der Waals surface area contributed by atoms with Crippen LogP contribution in [-0.4, -0.2) is 24.7 Å². The Balaban J connectivity index is 2.83. The van der Waals surface area contributed by atoms with E-state index in [0.717, 1.165) is 0 Å². The molecule has 0 bridgehead atoms. The molecule has 0 atom stereocenters. The van der Waals surface area contributed by atoms with Crippen LogP contribution in [-0.2, 0) is 4.79 Å². The van der Waals surface area contributed by atoms with E-state index in [1.165, 1.54) is 0 Å². The number of rotatable bonds is 2. The van der Waals surface area contributed by atoms with Gasteiger partial charge in [0.05, 0.1) is 6.54 Å². The van der Waals surface area contributed by atoms with Gasteiger partial charge in [-0.05, 0) is 7.05 Å². The number of likely N-dealkylation sites (N-methyl/N-ethyl adjacent to an activating group) is 1. The molecule has 0 unspecified atom stereocenters. The van der Waals surface area contributed by atoms with Gasteiger partial charge in [-0.1, -0.05) is 0 Å². The van der Waals surface area contributed by atoms with Crippen LogP contribution in [0.1, 0.15) is 0 Å². The summed E-state index contributed by atoms with van der Waals surface area (Å²) < 4.78 is 0. The van der Waals surface area contributed by atoms with E-state index in [1.54, 1.807) is 7.05 Å². The molecular weight excluding hydrogens is 83.0 g/mol. The van der Waals surface area contributed by atoms with Crippen molar-refractivity contribution in [2.75, 3.05) is 13.6 Å². The molecule has 0 aliphatic heterocycles. The molecule has 0 aliphatic carbocycles. The molecule has 0 aromatic heterocycles. The van der Waals surface area contributed by atoms with Gasteiger partial charge in [0.2, 0.25) is 0 Å². The Labute approximate surface area is 36.0 Å². The van der Waals surface area contributed by atoms with Gasteiger partial charge >= 0.3 is 5.97 Å². The highest BCUT2D eigenvalue weighted by Crippen LogP contribution is 1.50. The quantitative estimate of drug-likeness (QED) is 0.440. The Morgan fingerprint density at radius 3 is 2.50 bits per heavy atom. The van der Waals surface area contributed by atoms with Crippen molar-refractivity contribution in [3.05, 3.63) is 0 Å². The number of nitrogens with one attached hydrogen (secondary N) is 1. The van der Waals surface area contributed by atoms with Crippen molar-refractivity contribution in [3.63, 3.8) is 0 Å². The van der Waals surface area contributed by atoms with Gasteiger partial charge in [-0.25, -0.2) is 0 Å². The normalized spacial score (nSPS) is 8.17. The Bertz CT molecular complexity index is 52.8. The van der Waals surface area contributed by atoms with Crippen molar-refractivity contribution in [2.24, 2.45) is 0 Å². The van der Waals surface area contributed by atoms with Gasteiger partial charge in [-0.3, -0.25) is 4.79 Å². The fourth-order valence-corrected chi connectivity index (χ4v) is 0.151. The molecule has 0 aliphatic rings. The van der Waals surface area contributed by atoms with E-state index in [1.807, 2.05) is 0 Å². The van der Waals surface area contributed by atoms with Crippen LogP contribution < -0.4 is 5.32 Å². The standard InChI is InChI=1S/C3H7NO2/c1-4-2-3(5)6/h4H,2H2,1H3,(H,5,6)/i4+1. The smallest absolute Gasteiger partial charge is 0.317 e. The lowest BCUT2D eigenvalue weighted by Crippen LogP contribution is -2.16. The predicted molar refractivity (Wildman–Crippen MR) is 21.6 cm³/mol. The lowest BCUT2D eigenvalue weighted by Gasteiger charge is -1.84. The van der Waals surface area contributed by atoms with Crippen LogP contribution in [0, 0.1) is 0 Å². The van der Waals surface area contributed by atoms with Gasteiger partial charge in [-0.2, -0.15) is 0 Å². The van der Waals surface area contributed by atoms with Gasteiger partial charge in [0.1, 0.15) is 0 Å². The van der Waals surface area contributed by atoms with Gasteiger partial charge in [-0.15, -0.1) is 0 Å². The minimum Gasteiger partial charge on any atom is -0.480 e. The second-order valence-corrected chi connectivity index (χ2v) is 0.924. The molecule has 0 rings (SSSR count). The summed E-state index contributed by atoms with van der Waals surface area (Å²) in [6.07, 6.45) is 0. The largest absolute Gasteiger partial charge is 0.480 e. The minimum absolute atomic E-state index is 0.0417. The zero-order valence-electron chi connectivity index (χ0n) is 3.56. The third kappa shape index (κ3) is 3.43. The van der Waals surface area contributed by atoms with Crippen LogP contribution in [0.5, 0.6) is 0 Å². The number of hydrogen-bond donors (Lipinski definition) is 2. The first-order chi connectivity index (χ1) is 2.77. The highest BCUT2D eigenvalue weighted by molar-refractivity contribution is 5.68. The lowest BCUT2D eigenvalue weighted by molar-refractivity contribution is -0.135. The average Bonchev–Trinajstić information content (AvgIpc) is 1.35. The monoisotopic (exact) mass is 90.0 g/mol. The van der Waals surface area contributed by atoms with Crippen molar-refractivity contribution in [1.82, 2.24) is 5.32 Å². The van der Waals surface area contributed by atoms with E-state index in [4.69, 9.17) is 5.11 Å². The molecule has 0 fully saturated rings. The van der Waals surface area contributed by atoms with Crippen LogP contribution in [0.2, 0.25) is 0 Å². The Morgan fingerprint density at radius 2 is 2.50 bits per heavy atom. The molecule has 0 spiro atoms. The molecule has 36 valence electrons. The van der Waals surface area contributed by atoms with Crippen molar-refractivity contribution >= 4 is 5.97 Å². The molecule has 0 amide bonds. The highest BCUT2D eigenvalue weighted by atomic mass is 16.4. The maximum Gasteiger partial charge on any atom is 0.317 e. The van der Waals surface area contributed by atoms with Crippen LogP contribution in [0.25, 0.3) is 0 Å². The summed E-state index contributed by atoms with van der Waals surface area (Å²) in [6, 6.07) is 0. The summed E-state index contributed by atoms with van der Waals surface area (Å²) in [5.41, 5.74) is 0. The fourth-order valence-electron chi connectivity index (χ4n) is 0.151. The Hall–Kier alpha value is -0.570. The molecule has 3 nitrogen and oxygen atoms in total. The number of carbonyl (C=O) groups is 1. The lowest BCUT2D eigenvalue weighted by atomic mass is 10.7. The summed E-state index contributed by atoms with van der Waals surface area (Å²) in [5, 5.41) is 10.3. The van der Waals surface area contributed by atoms with E-state index in [2.05, 4.69) is 5.32 Å². The third-order valence-electron chi connectivity index (χ3n) is 0.328. The zero-order valence-corrected chi connectivity index (χ0v) is 3.56. The van der Waals surface area contributed by atoms with E-state index in [9.17, 15) is 4.79 Å². The number of carboxylic acids is 1. The second-order valence-electron chi connectivity index (χ2n) is 0.924. The third-order valence-corrected chi connectivity index (χ3v) is 0.328. The topological polar surface area (TPSA) is 49.3 Å². The first-order valence-corrected chi connectivity index (χ1v) is 1.63. The molecule has 0 saturated heterocycles. The molecule has 0 heterocycles. The van der Waals surface area contributed by atoms with Crippen molar-refractivity contribution < 1.29 is 9.90 Å². The summed E-state index contributed by atoms with van der Waals surface area (Å²) in [7, 11) is 1.59. The second kappa shape index (κ2) is 2.66. The SMILES string of the molecule is C[15NH]CC(=O)O. The van der Waals surface area contributed by atoms with Gasteiger partial charge in [0.15, 0.2) is 0 Å². The first kappa shape index (κ1) is 5.43. The zero-order chi connectivity index (χ0) is 4.99. The molecule has 0 aromatic carbocycles. The molecule has 0 radical (unpaired) electrons. The van der Waals surface area contributed by atoms with Crippen LogP contribution >= 0.6 is 0 Å². The molecule has 6 heavy (non-hydrogen) atoms. The Kier molecular flexibility index (Phi) is 2.40. The van der Waals surface area contributed by atoms with Crippen LogP contribution in [0.4, 0.5) is 0 Å². The number of hydrogen-bond acceptors (Lipinski definition) is 2. The Morgan fingerprint density at radius 1 is 2.00 bits per heavy atom. The molecule has 0 saturated carbocycles. The molecular formula is C3H7NO2. The number of aliphatic carboxylic acids is 1. The van der Waals surface area contributed by atoms with E-state index < -0.39 is 5.97 Å². The summed E-state index contributed by atoms with van der Waals surface area (Å²) >= 11 is 0. The van der Waals surface area contributed by atoms with E-state index in [-0.39, 0.29) is 6.54 Å². The fraction of sp³-hybridized carbons (Fsp3) is 0.667. The van der Waals surface area contributed by atoms with Gasteiger partial charge in [0.25, 0.3) is 0 Å². The van der Waals surface area contributed by atoms with Gasteiger partial charge in [0, 0.05) is 0 Å². The number of carboxylic acid groups (broad SMARTS) is 1. The average molecular weight is 90.1 g/mol. The summed E-state index contributed by atoms with van der Waals surface area (Å²) in [5.74, 6) is -0.822. The first-order valence-electron chi connectivity index (χ1n) is 1.63. The predicted octanol–water partition coefficient (Wildman–Crippen LogP) is -0.710. The van der Waals surface area contributed by atoms with Crippen LogP contribution in [0.3, 0.4) is 0 Å². The van der Waals surface area contributed by atoms with Gasteiger partial charge < -0.3 is 10.4 Å². The van der Waals surface area contributed by atoms with Crippen LogP contribution in [0.15, 0.2) is 0 Å². The van der Waals surface area contributed by atoms with E-state index >= 15 is 0 Å². The maximum absolute atomic E-state index is 9.54. The maximum atomic E-state index is 9.54. The summed E-state index contributed by atoms with van der Waals surface area (Å²) in [4.78, 5) is 9.54. The molecule has 3 heteroatoms. The molecule has 0 aromatic rings.